The van der Waals surface area contributed by atoms with E-state index in [2.05, 4.69) is 20.3 Å². The van der Waals surface area contributed by atoms with E-state index in [0.717, 1.165) is 0 Å². The maximum atomic E-state index is 13.7. The van der Waals surface area contributed by atoms with E-state index in [1.165, 1.54) is 58.9 Å². The largest absolute Gasteiger partial charge is 0.733 e. The average molecular weight is 563 g/mol. The summed E-state index contributed by atoms with van der Waals surface area (Å²) in [4.78, 5) is 26.6. The molecule has 13 nitrogen and oxygen atoms in total. The molecular weight excluding hydrogens is 534 g/mol. The number of carbonyl (C=O) groups is 1. The van der Waals surface area contributed by atoms with E-state index in [1.807, 2.05) is 6.07 Å². The van der Waals surface area contributed by atoms with Crippen LogP contribution < -0.4 is 34.2 Å². The van der Waals surface area contributed by atoms with Crippen molar-refractivity contribution in [2.24, 2.45) is 0 Å². The molecule has 2 aromatic heterocycles. The molecule has 13 heteroatoms. The molecule has 0 saturated carbocycles. The van der Waals surface area contributed by atoms with Gasteiger partial charge in [-0.25, -0.2) is 4.98 Å². The number of hydrogen-bond donors (Lipinski definition) is 2. The van der Waals surface area contributed by atoms with Gasteiger partial charge in [-0.15, -0.1) is 0 Å². The van der Waals surface area contributed by atoms with E-state index in [1.54, 1.807) is 24.4 Å². The zero-order chi connectivity index (χ0) is 29.4. The Morgan fingerprint density at radius 2 is 1.68 bits per heavy atom. The lowest BCUT2D eigenvalue weighted by molar-refractivity contribution is 0.103. The van der Waals surface area contributed by atoms with E-state index < -0.39 is 5.78 Å². The van der Waals surface area contributed by atoms with Crippen molar-refractivity contribution in [2.75, 3.05) is 39.0 Å². The third-order valence-electron chi connectivity index (χ3n) is 5.92. The van der Waals surface area contributed by atoms with Crippen LogP contribution in [0.25, 0.3) is 0 Å². The van der Waals surface area contributed by atoms with Gasteiger partial charge in [-0.2, -0.15) is 4.98 Å². The van der Waals surface area contributed by atoms with Crippen molar-refractivity contribution < 1.29 is 33.7 Å². The van der Waals surface area contributed by atoms with Gasteiger partial charge in [0.05, 0.1) is 45.4 Å². The van der Waals surface area contributed by atoms with Gasteiger partial charge in [0, 0.05) is 24.5 Å². The summed E-state index contributed by atoms with van der Waals surface area (Å²) in [6.07, 6.45) is 2.99. The van der Waals surface area contributed by atoms with Crippen molar-refractivity contribution in [1.29, 1.82) is 0 Å². The number of pyridine rings is 1. The van der Waals surface area contributed by atoms with Crippen LogP contribution in [0.15, 0.2) is 60.9 Å². The second-order valence-electron chi connectivity index (χ2n) is 8.40. The predicted molar refractivity (Wildman–Crippen MR) is 148 cm³/mol. The van der Waals surface area contributed by atoms with Crippen LogP contribution in [0.5, 0.6) is 29.0 Å². The molecule has 2 heterocycles. The lowest BCUT2D eigenvalue weighted by Crippen LogP contribution is -2.13. The summed E-state index contributed by atoms with van der Waals surface area (Å²) in [6, 6.07) is 13.2. The molecule has 0 atom stereocenters. The van der Waals surface area contributed by atoms with Gasteiger partial charge in [-0.1, -0.05) is 12.1 Å². The minimum atomic E-state index is -0.431. The molecule has 41 heavy (non-hydrogen) atoms. The highest BCUT2D eigenvalue weighted by atomic mass is 16.8. The zero-order valence-corrected chi connectivity index (χ0v) is 22.8. The first-order valence-electron chi connectivity index (χ1n) is 12.2. The van der Waals surface area contributed by atoms with Crippen LogP contribution in [-0.4, -0.2) is 54.4 Å². The van der Waals surface area contributed by atoms with E-state index in [0.29, 0.717) is 28.5 Å². The Balaban J connectivity index is 1.68. The molecule has 0 radical (unpaired) electrons. The van der Waals surface area contributed by atoms with Gasteiger partial charge in [-0.3, -0.25) is 15.0 Å². The van der Waals surface area contributed by atoms with Crippen LogP contribution in [-0.2, 0) is 13.2 Å². The van der Waals surface area contributed by atoms with Gasteiger partial charge >= 0.3 is 6.01 Å². The van der Waals surface area contributed by atoms with Crippen LogP contribution in [0.4, 0.5) is 11.5 Å². The topological polar surface area (TPSA) is 160 Å². The normalized spacial score (nSPS) is 10.5. The fraction of sp³-hybridized carbons (Fsp3) is 0.214. The predicted octanol–water partition coefficient (Wildman–Crippen LogP) is 4.02. The van der Waals surface area contributed by atoms with Crippen molar-refractivity contribution in [3.8, 4) is 29.0 Å². The molecule has 0 fully saturated rings. The Kier molecular flexibility index (Phi) is 9.35. The molecule has 0 amide bonds. The fourth-order valence-electron chi connectivity index (χ4n) is 3.91. The number of benzene rings is 2. The summed E-state index contributed by atoms with van der Waals surface area (Å²) in [5.74, 6) is 0.869. The lowest BCUT2D eigenvalue weighted by Gasteiger charge is -2.24. The first-order valence-corrected chi connectivity index (χ1v) is 12.2. The molecular formula is C28H28N5O8-. The maximum Gasteiger partial charge on any atom is 0.318 e. The van der Waals surface area contributed by atoms with Crippen LogP contribution in [0.3, 0.4) is 0 Å². The van der Waals surface area contributed by atoms with E-state index in [-0.39, 0.29) is 52.8 Å². The van der Waals surface area contributed by atoms with Gasteiger partial charge in [0.25, 0.3) is 0 Å². The molecule has 0 aliphatic carbocycles. The van der Waals surface area contributed by atoms with Gasteiger partial charge in [0.2, 0.25) is 5.75 Å². The molecule has 0 unspecified atom stereocenters. The van der Waals surface area contributed by atoms with Crippen molar-refractivity contribution >= 4 is 17.3 Å². The Hall–Kier alpha value is -5.14. The highest BCUT2D eigenvalue weighted by Gasteiger charge is 2.22. The molecule has 4 aromatic rings. The minimum Gasteiger partial charge on any atom is -0.733 e. The third kappa shape index (κ3) is 6.72. The van der Waals surface area contributed by atoms with Crippen LogP contribution in [0.2, 0.25) is 0 Å². The summed E-state index contributed by atoms with van der Waals surface area (Å²) < 4.78 is 27.0. The van der Waals surface area contributed by atoms with Crippen molar-refractivity contribution in [3.05, 3.63) is 88.5 Å². The minimum absolute atomic E-state index is 0.0103. The first-order chi connectivity index (χ1) is 19.9. The second-order valence-corrected chi connectivity index (χ2v) is 8.40. The average Bonchev–Trinajstić information content (AvgIpc) is 3.01. The first kappa shape index (κ1) is 28.9. The Labute approximate surface area is 235 Å². The smallest absolute Gasteiger partial charge is 0.318 e. The van der Waals surface area contributed by atoms with Gasteiger partial charge < -0.3 is 39.4 Å². The van der Waals surface area contributed by atoms with Crippen molar-refractivity contribution in [1.82, 2.24) is 15.0 Å². The van der Waals surface area contributed by atoms with Gasteiger partial charge in [0.15, 0.2) is 17.3 Å². The number of nitrogens with zero attached hydrogens (tertiary/aromatic N) is 4. The Morgan fingerprint density at radius 1 is 0.951 bits per heavy atom. The Morgan fingerprint density at radius 3 is 2.29 bits per heavy atom. The molecule has 2 N–H and O–H groups in total. The zero-order valence-electron chi connectivity index (χ0n) is 22.8. The van der Waals surface area contributed by atoms with Crippen LogP contribution in [0.1, 0.15) is 27.2 Å². The molecule has 0 aliphatic rings. The number of rotatable bonds is 13. The number of aromatic nitrogens is 3. The highest BCUT2D eigenvalue weighted by Crippen LogP contribution is 2.39. The van der Waals surface area contributed by atoms with Crippen LogP contribution >= 0.6 is 0 Å². The number of ether oxygens (including phenoxy) is 5. The number of carbonyl (C=O) groups excluding carboxylic acids is 1. The third-order valence-corrected chi connectivity index (χ3v) is 5.92. The molecule has 0 bridgehead atoms. The molecule has 0 aliphatic heterocycles. The number of methoxy groups -OCH3 is 4. The summed E-state index contributed by atoms with van der Waals surface area (Å²) in [6.45, 7) is 0.231. The monoisotopic (exact) mass is 562 g/mol. The molecule has 4 rings (SSSR count). The van der Waals surface area contributed by atoms with E-state index in [4.69, 9.17) is 23.7 Å². The SMILES string of the molecule is COc1ccc(CNc2nc(OCc3ccccn3)ncc2C(=O)c2cc(OC)c(OC)c(OC)c2)cc1N([O-])O. The summed E-state index contributed by atoms with van der Waals surface area (Å²) in [7, 11) is 5.76. The number of nitrogens with one attached hydrogen (secondary N) is 1. The summed E-state index contributed by atoms with van der Waals surface area (Å²) in [5.41, 5.74) is 1.55. The number of hydrogen-bond acceptors (Lipinski definition) is 13. The molecule has 0 saturated heterocycles. The maximum absolute atomic E-state index is 13.7. The number of anilines is 2. The second kappa shape index (κ2) is 13.3. The number of ketones is 1. The van der Waals surface area contributed by atoms with Crippen LogP contribution in [0, 0.1) is 5.21 Å². The molecule has 0 spiro atoms. The lowest BCUT2D eigenvalue weighted by atomic mass is 10.0. The highest BCUT2D eigenvalue weighted by molar-refractivity contribution is 6.12. The standard InChI is InChI=1S/C28H28N5O8/c1-37-22-9-8-17(11-21(22)33(35)36)14-30-27-20(15-31-28(32-27)41-16-19-7-5-6-10-29-19)25(34)18-12-23(38-2)26(40-4)24(13-18)39-3/h5-13,15,35H,14,16H2,1-4H3,(H,30,31,32)/q-1. The summed E-state index contributed by atoms with van der Waals surface area (Å²) in [5, 5.41) is 23.9. The molecule has 214 valence electrons. The fourth-order valence-corrected chi connectivity index (χ4v) is 3.91. The Bertz CT molecular complexity index is 1480. The summed E-state index contributed by atoms with van der Waals surface area (Å²) >= 11 is 0. The van der Waals surface area contributed by atoms with E-state index in [9.17, 15) is 15.2 Å². The quantitative estimate of drug-likeness (QED) is 0.178. The van der Waals surface area contributed by atoms with Gasteiger partial charge in [-0.05, 0) is 42.0 Å². The van der Waals surface area contributed by atoms with Crippen molar-refractivity contribution in [3.63, 3.8) is 0 Å². The van der Waals surface area contributed by atoms with E-state index >= 15 is 0 Å². The molecule has 2 aromatic carbocycles. The van der Waals surface area contributed by atoms with Crippen molar-refractivity contribution in [2.45, 2.75) is 13.2 Å². The van der Waals surface area contributed by atoms with Gasteiger partial charge in [0.1, 0.15) is 18.2 Å².